The zero-order chi connectivity index (χ0) is 15.3. The Labute approximate surface area is 119 Å². The van der Waals surface area contributed by atoms with Crippen molar-refractivity contribution >= 4 is 5.78 Å². The molecule has 110 valence electrons. The van der Waals surface area contributed by atoms with Gasteiger partial charge in [0, 0.05) is 25.2 Å². The predicted molar refractivity (Wildman–Crippen MR) is 69.8 cm³/mol. The lowest BCUT2D eigenvalue weighted by atomic mass is 10.0. The molecule has 1 heterocycles. The van der Waals surface area contributed by atoms with E-state index < -0.39 is 6.36 Å². The molecule has 21 heavy (non-hydrogen) atoms. The summed E-state index contributed by atoms with van der Waals surface area (Å²) in [7, 11) is 0. The van der Waals surface area contributed by atoms with Crippen LogP contribution in [0.2, 0.25) is 0 Å². The van der Waals surface area contributed by atoms with Crippen LogP contribution in [0.1, 0.15) is 11.1 Å². The van der Waals surface area contributed by atoms with Crippen LogP contribution in [0.5, 0.6) is 5.75 Å². The molecule has 2 rings (SSSR count). The largest absolute Gasteiger partial charge is 0.573 e. The van der Waals surface area contributed by atoms with Crippen molar-refractivity contribution in [3.05, 3.63) is 59.9 Å². The molecule has 0 unspecified atom stereocenters. The summed E-state index contributed by atoms with van der Waals surface area (Å²) < 4.78 is 39.8. The predicted octanol–water partition coefficient (Wildman–Crippen LogP) is 3.33. The van der Waals surface area contributed by atoms with Crippen LogP contribution in [0.25, 0.3) is 0 Å². The molecule has 6 heteroatoms. The first-order valence-electron chi connectivity index (χ1n) is 6.18. The Kier molecular flexibility index (Phi) is 4.57. The SMILES string of the molecule is O=C(Cc1ccncc1)Cc1ccc(OC(F)(F)F)cc1. The van der Waals surface area contributed by atoms with Crippen LogP contribution >= 0.6 is 0 Å². The number of Topliss-reactive ketones (excluding diaryl/α,β-unsaturated/α-hetero) is 1. The summed E-state index contributed by atoms with van der Waals surface area (Å²) in [6.07, 6.45) is -1.08. The topological polar surface area (TPSA) is 39.2 Å². The zero-order valence-corrected chi connectivity index (χ0v) is 10.9. The fraction of sp³-hybridized carbons (Fsp3) is 0.200. The summed E-state index contributed by atoms with van der Waals surface area (Å²) in [4.78, 5) is 15.7. The number of carbonyl (C=O) groups is 1. The Bertz CT molecular complexity index is 595. The van der Waals surface area contributed by atoms with Crippen LogP contribution in [0.3, 0.4) is 0 Å². The minimum Gasteiger partial charge on any atom is -0.406 e. The molecule has 1 aromatic carbocycles. The van der Waals surface area contributed by atoms with Crippen molar-refractivity contribution in [2.75, 3.05) is 0 Å². The molecule has 0 radical (unpaired) electrons. The molecule has 2 aromatic rings. The Morgan fingerprint density at radius 1 is 0.952 bits per heavy atom. The minimum absolute atomic E-state index is 0.0225. The molecule has 0 fully saturated rings. The lowest BCUT2D eigenvalue weighted by Gasteiger charge is -2.09. The quantitative estimate of drug-likeness (QED) is 0.849. The molecular weight excluding hydrogens is 283 g/mol. The van der Waals surface area contributed by atoms with Gasteiger partial charge >= 0.3 is 6.36 Å². The third-order valence-corrected chi connectivity index (χ3v) is 2.71. The highest BCUT2D eigenvalue weighted by molar-refractivity contribution is 5.83. The maximum atomic E-state index is 12.0. The van der Waals surface area contributed by atoms with E-state index in [2.05, 4.69) is 9.72 Å². The van der Waals surface area contributed by atoms with E-state index in [4.69, 9.17) is 0 Å². The number of carbonyl (C=O) groups excluding carboxylic acids is 1. The number of alkyl halides is 3. The van der Waals surface area contributed by atoms with Crippen LogP contribution in [-0.4, -0.2) is 17.1 Å². The number of benzene rings is 1. The maximum Gasteiger partial charge on any atom is 0.573 e. The van der Waals surface area contributed by atoms with Crippen LogP contribution in [0.4, 0.5) is 13.2 Å². The van der Waals surface area contributed by atoms with Crippen molar-refractivity contribution in [3.63, 3.8) is 0 Å². The smallest absolute Gasteiger partial charge is 0.406 e. The van der Waals surface area contributed by atoms with Crippen LogP contribution in [0.15, 0.2) is 48.8 Å². The number of halogens is 3. The number of ether oxygens (including phenoxy) is 1. The highest BCUT2D eigenvalue weighted by Gasteiger charge is 2.30. The summed E-state index contributed by atoms with van der Waals surface area (Å²) in [6.45, 7) is 0. The van der Waals surface area contributed by atoms with E-state index in [1.807, 2.05) is 0 Å². The molecule has 0 N–H and O–H groups in total. The van der Waals surface area contributed by atoms with Gasteiger partial charge < -0.3 is 4.74 Å². The van der Waals surface area contributed by atoms with Gasteiger partial charge in [-0.3, -0.25) is 9.78 Å². The monoisotopic (exact) mass is 295 g/mol. The number of aromatic nitrogens is 1. The van der Waals surface area contributed by atoms with Crippen molar-refractivity contribution in [2.24, 2.45) is 0 Å². The number of hydrogen-bond acceptors (Lipinski definition) is 3. The van der Waals surface area contributed by atoms with Gasteiger partial charge in [-0.15, -0.1) is 13.2 Å². The highest BCUT2D eigenvalue weighted by Crippen LogP contribution is 2.22. The van der Waals surface area contributed by atoms with Crippen LogP contribution < -0.4 is 4.74 Å². The molecule has 0 aliphatic heterocycles. The summed E-state index contributed by atoms with van der Waals surface area (Å²) in [5, 5.41) is 0. The van der Waals surface area contributed by atoms with Gasteiger partial charge in [0.15, 0.2) is 0 Å². The van der Waals surface area contributed by atoms with E-state index in [9.17, 15) is 18.0 Å². The molecular formula is C15H12F3NO2. The number of ketones is 1. The highest BCUT2D eigenvalue weighted by atomic mass is 19.4. The van der Waals surface area contributed by atoms with Gasteiger partial charge in [0.1, 0.15) is 11.5 Å². The summed E-state index contributed by atoms with van der Waals surface area (Å²) in [5.74, 6) is -0.321. The molecule has 0 amide bonds. The first-order chi connectivity index (χ1) is 9.92. The molecule has 0 saturated heterocycles. The van der Waals surface area contributed by atoms with Crippen molar-refractivity contribution in [1.29, 1.82) is 0 Å². The third kappa shape index (κ3) is 5.25. The fourth-order valence-corrected chi connectivity index (χ4v) is 1.83. The maximum absolute atomic E-state index is 12.0. The first kappa shape index (κ1) is 15.0. The zero-order valence-electron chi connectivity index (χ0n) is 10.9. The number of rotatable bonds is 5. The first-order valence-corrected chi connectivity index (χ1v) is 6.18. The molecule has 3 nitrogen and oxygen atoms in total. The summed E-state index contributed by atoms with van der Waals surface area (Å²) in [6, 6.07) is 8.79. The number of hydrogen-bond donors (Lipinski definition) is 0. The second kappa shape index (κ2) is 6.39. The van der Waals surface area contributed by atoms with Gasteiger partial charge in [-0.2, -0.15) is 0 Å². The molecule has 0 aliphatic rings. The average molecular weight is 295 g/mol. The van der Waals surface area contributed by atoms with Crippen molar-refractivity contribution in [3.8, 4) is 5.75 Å². The van der Waals surface area contributed by atoms with E-state index in [1.165, 1.54) is 24.3 Å². The molecule has 0 aliphatic carbocycles. The van der Waals surface area contributed by atoms with E-state index in [1.54, 1.807) is 24.5 Å². The molecule has 0 bridgehead atoms. The van der Waals surface area contributed by atoms with E-state index in [0.717, 1.165) is 5.56 Å². The van der Waals surface area contributed by atoms with Gasteiger partial charge in [0.05, 0.1) is 0 Å². The lowest BCUT2D eigenvalue weighted by molar-refractivity contribution is -0.274. The minimum atomic E-state index is -4.71. The molecule has 0 saturated carbocycles. The van der Waals surface area contributed by atoms with Crippen molar-refractivity contribution < 1.29 is 22.7 Å². The average Bonchev–Trinajstić information content (AvgIpc) is 2.40. The third-order valence-electron chi connectivity index (χ3n) is 2.71. The van der Waals surface area contributed by atoms with Gasteiger partial charge in [-0.25, -0.2) is 0 Å². The second-order valence-electron chi connectivity index (χ2n) is 4.44. The summed E-state index contributed by atoms with van der Waals surface area (Å²) >= 11 is 0. The van der Waals surface area contributed by atoms with Gasteiger partial charge in [-0.05, 0) is 35.4 Å². The van der Waals surface area contributed by atoms with Gasteiger partial charge in [-0.1, -0.05) is 12.1 Å². The Hall–Kier alpha value is -2.37. The van der Waals surface area contributed by atoms with Crippen molar-refractivity contribution in [2.45, 2.75) is 19.2 Å². The van der Waals surface area contributed by atoms with E-state index >= 15 is 0 Å². The number of pyridine rings is 1. The van der Waals surface area contributed by atoms with Gasteiger partial charge in [0.2, 0.25) is 0 Å². The Morgan fingerprint density at radius 3 is 2.00 bits per heavy atom. The van der Waals surface area contributed by atoms with Crippen LogP contribution in [-0.2, 0) is 17.6 Å². The molecule has 0 spiro atoms. The van der Waals surface area contributed by atoms with Crippen LogP contribution in [0, 0.1) is 0 Å². The van der Waals surface area contributed by atoms with E-state index in [0.29, 0.717) is 5.56 Å². The van der Waals surface area contributed by atoms with Crippen molar-refractivity contribution in [1.82, 2.24) is 4.98 Å². The second-order valence-corrected chi connectivity index (χ2v) is 4.44. The van der Waals surface area contributed by atoms with E-state index in [-0.39, 0.29) is 24.4 Å². The molecule has 0 atom stereocenters. The lowest BCUT2D eigenvalue weighted by Crippen LogP contribution is -2.17. The Morgan fingerprint density at radius 2 is 1.48 bits per heavy atom. The molecule has 1 aromatic heterocycles. The summed E-state index contributed by atoms with van der Waals surface area (Å²) in [5.41, 5.74) is 1.50. The fourth-order valence-electron chi connectivity index (χ4n) is 1.83. The Balaban J connectivity index is 1.92. The number of nitrogens with zero attached hydrogens (tertiary/aromatic N) is 1. The van der Waals surface area contributed by atoms with Gasteiger partial charge in [0.25, 0.3) is 0 Å². The standard InChI is InChI=1S/C15H12F3NO2/c16-15(17,18)21-14-3-1-11(2-4-14)9-13(20)10-12-5-7-19-8-6-12/h1-8H,9-10H2. The normalized spacial score (nSPS) is 11.2.